The van der Waals surface area contributed by atoms with Gasteiger partial charge in [-0.1, -0.05) is 66.7 Å². The second kappa shape index (κ2) is 7.76. The van der Waals surface area contributed by atoms with Crippen molar-refractivity contribution >= 4 is 0 Å². The van der Waals surface area contributed by atoms with E-state index in [2.05, 4.69) is 78.9 Å². The van der Waals surface area contributed by atoms with Crippen LogP contribution in [0.15, 0.2) is 78.9 Å². The summed E-state index contributed by atoms with van der Waals surface area (Å²) in [5, 5.41) is 0. The topological polar surface area (TPSA) is 35.2 Å². The molecule has 0 aromatic heterocycles. The van der Waals surface area contributed by atoms with Crippen molar-refractivity contribution in [3.63, 3.8) is 0 Å². The molecule has 0 amide bonds. The third-order valence-electron chi connectivity index (χ3n) is 5.27. The van der Waals surface area contributed by atoms with Crippen molar-refractivity contribution in [2.24, 2.45) is 5.73 Å². The number of fused-ring (bicyclic) bond motifs is 1. The summed E-state index contributed by atoms with van der Waals surface area (Å²) in [5.74, 6) is 1.39. The fourth-order valence-corrected chi connectivity index (χ4v) is 3.97. The molecule has 2 nitrogen and oxygen atoms in total. The maximum atomic E-state index is 6.37. The summed E-state index contributed by atoms with van der Waals surface area (Å²) in [6.07, 6.45) is 3.16. The third kappa shape index (κ3) is 3.51. The van der Waals surface area contributed by atoms with Gasteiger partial charge in [-0.15, -0.1) is 0 Å². The van der Waals surface area contributed by atoms with E-state index in [4.69, 9.17) is 10.5 Å². The van der Waals surface area contributed by atoms with E-state index in [0.717, 1.165) is 25.0 Å². The highest BCUT2D eigenvalue weighted by atomic mass is 16.5. The smallest absolute Gasteiger partial charge is 0.124 e. The van der Waals surface area contributed by atoms with Crippen molar-refractivity contribution in [2.45, 2.75) is 31.3 Å². The van der Waals surface area contributed by atoms with Crippen molar-refractivity contribution in [2.75, 3.05) is 6.54 Å². The molecule has 0 spiro atoms. The molecule has 0 aliphatic heterocycles. The lowest BCUT2D eigenvalue weighted by Gasteiger charge is -2.32. The molecule has 2 heteroatoms. The number of nitrogens with two attached hydrogens (primary N) is 1. The molecular formula is C24H25NO. The molecule has 0 bridgehead atoms. The molecule has 132 valence electrons. The predicted molar refractivity (Wildman–Crippen MR) is 107 cm³/mol. The summed E-state index contributed by atoms with van der Waals surface area (Å²) < 4.78 is 6.37. The van der Waals surface area contributed by atoms with Gasteiger partial charge in [-0.3, -0.25) is 0 Å². The first kappa shape index (κ1) is 16.9. The highest BCUT2D eigenvalue weighted by Crippen LogP contribution is 2.42. The van der Waals surface area contributed by atoms with Gasteiger partial charge in [0.1, 0.15) is 11.9 Å². The van der Waals surface area contributed by atoms with Gasteiger partial charge in [0.2, 0.25) is 0 Å². The van der Waals surface area contributed by atoms with Crippen molar-refractivity contribution < 1.29 is 4.74 Å². The van der Waals surface area contributed by atoms with E-state index in [1.54, 1.807) is 0 Å². The van der Waals surface area contributed by atoms with E-state index >= 15 is 0 Å². The Morgan fingerprint density at radius 2 is 1.46 bits per heavy atom. The van der Waals surface area contributed by atoms with Gasteiger partial charge in [0.25, 0.3) is 0 Å². The highest BCUT2D eigenvalue weighted by Gasteiger charge is 2.29. The van der Waals surface area contributed by atoms with Crippen LogP contribution in [-0.4, -0.2) is 6.54 Å². The zero-order chi connectivity index (χ0) is 17.8. The Hall–Kier alpha value is -2.58. The second-order valence-electron chi connectivity index (χ2n) is 6.96. The summed E-state index contributed by atoms with van der Waals surface area (Å²) in [5.41, 5.74) is 11.0. The van der Waals surface area contributed by atoms with Crippen LogP contribution in [0.4, 0.5) is 0 Å². The molecule has 0 heterocycles. The SMILES string of the molecule is NCCc1ccc(O[C@H]2CC[C@@H](c3ccccc3)c3ccccc32)cc1. The molecule has 0 saturated heterocycles. The number of benzene rings is 3. The first-order valence-corrected chi connectivity index (χ1v) is 9.44. The molecule has 3 aromatic rings. The van der Waals surface area contributed by atoms with Gasteiger partial charge in [-0.2, -0.15) is 0 Å². The molecule has 1 aliphatic carbocycles. The van der Waals surface area contributed by atoms with Crippen molar-refractivity contribution in [3.8, 4) is 5.75 Å². The Balaban J connectivity index is 1.58. The lowest BCUT2D eigenvalue weighted by atomic mass is 9.77. The molecule has 0 unspecified atom stereocenters. The van der Waals surface area contributed by atoms with Gasteiger partial charge in [0.05, 0.1) is 0 Å². The van der Waals surface area contributed by atoms with Crippen LogP contribution >= 0.6 is 0 Å². The van der Waals surface area contributed by atoms with E-state index in [1.807, 2.05) is 0 Å². The lowest BCUT2D eigenvalue weighted by molar-refractivity contribution is 0.179. The van der Waals surface area contributed by atoms with Gasteiger partial charge in [-0.05, 0) is 60.2 Å². The van der Waals surface area contributed by atoms with E-state index in [9.17, 15) is 0 Å². The fraction of sp³-hybridized carbons (Fsp3) is 0.250. The van der Waals surface area contributed by atoms with Crippen LogP contribution in [0.25, 0.3) is 0 Å². The molecule has 3 aromatic carbocycles. The monoisotopic (exact) mass is 343 g/mol. The zero-order valence-corrected chi connectivity index (χ0v) is 15.0. The minimum Gasteiger partial charge on any atom is -0.486 e. The van der Waals surface area contributed by atoms with Crippen LogP contribution in [-0.2, 0) is 6.42 Å². The number of hydrogen-bond acceptors (Lipinski definition) is 2. The van der Waals surface area contributed by atoms with Crippen LogP contribution in [0.2, 0.25) is 0 Å². The quantitative estimate of drug-likeness (QED) is 0.688. The van der Waals surface area contributed by atoms with Crippen LogP contribution < -0.4 is 10.5 Å². The van der Waals surface area contributed by atoms with Gasteiger partial charge >= 0.3 is 0 Å². The predicted octanol–water partition coefficient (Wildman–Crippen LogP) is 5.23. The van der Waals surface area contributed by atoms with Crippen LogP contribution in [0, 0.1) is 0 Å². The average Bonchev–Trinajstić information content (AvgIpc) is 2.71. The maximum Gasteiger partial charge on any atom is 0.124 e. The van der Waals surface area contributed by atoms with E-state index in [0.29, 0.717) is 12.5 Å². The summed E-state index contributed by atoms with van der Waals surface area (Å²) in [7, 11) is 0. The molecular weight excluding hydrogens is 318 g/mol. The summed E-state index contributed by atoms with van der Waals surface area (Å²) in [6.45, 7) is 0.678. The first-order valence-electron chi connectivity index (χ1n) is 9.44. The van der Waals surface area contributed by atoms with Crippen molar-refractivity contribution in [1.29, 1.82) is 0 Å². The van der Waals surface area contributed by atoms with Crippen LogP contribution in [0.5, 0.6) is 5.75 Å². The summed E-state index contributed by atoms with van der Waals surface area (Å²) >= 11 is 0. The Labute approximate surface area is 155 Å². The maximum absolute atomic E-state index is 6.37. The fourth-order valence-electron chi connectivity index (χ4n) is 3.97. The Bertz CT molecular complexity index is 842. The number of hydrogen-bond donors (Lipinski definition) is 1. The molecule has 0 fully saturated rings. The highest BCUT2D eigenvalue weighted by molar-refractivity contribution is 5.42. The van der Waals surface area contributed by atoms with Crippen molar-refractivity contribution in [1.82, 2.24) is 0 Å². The molecule has 2 atom stereocenters. The van der Waals surface area contributed by atoms with Gasteiger partial charge < -0.3 is 10.5 Å². The Morgan fingerprint density at radius 3 is 2.19 bits per heavy atom. The molecule has 0 radical (unpaired) electrons. The van der Waals surface area contributed by atoms with E-state index in [-0.39, 0.29) is 6.10 Å². The van der Waals surface area contributed by atoms with Gasteiger partial charge in [0.15, 0.2) is 0 Å². The lowest BCUT2D eigenvalue weighted by Crippen LogP contribution is -2.19. The average molecular weight is 343 g/mol. The molecule has 4 rings (SSSR count). The minimum absolute atomic E-state index is 0.117. The van der Waals surface area contributed by atoms with Crippen molar-refractivity contribution in [3.05, 3.63) is 101 Å². The Morgan fingerprint density at radius 1 is 0.769 bits per heavy atom. The van der Waals surface area contributed by atoms with Crippen LogP contribution in [0.3, 0.4) is 0 Å². The summed E-state index contributed by atoms with van der Waals surface area (Å²) in [4.78, 5) is 0. The first-order chi connectivity index (χ1) is 12.8. The molecule has 26 heavy (non-hydrogen) atoms. The normalized spacial score (nSPS) is 19.0. The van der Waals surface area contributed by atoms with E-state index < -0.39 is 0 Å². The van der Waals surface area contributed by atoms with Gasteiger partial charge in [0, 0.05) is 5.92 Å². The standard InChI is InChI=1S/C24H25NO/c25-17-16-18-10-12-20(13-11-18)26-24-15-14-21(19-6-2-1-3-7-19)22-8-4-5-9-23(22)24/h1-13,21,24H,14-17,25H2/t21-,24-/m0/s1. The summed E-state index contributed by atoms with van der Waals surface area (Å²) in [6, 6.07) is 27.9. The van der Waals surface area contributed by atoms with Crippen LogP contribution in [0.1, 0.15) is 47.1 Å². The third-order valence-corrected chi connectivity index (χ3v) is 5.27. The largest absolute Gasteiger partial charge is 0.486 e. The minimum atomic E-state index is 0.117. The zero-order valence-electron chi connectivity index (χ0n) is 15.0. The second-order valence-corrected chi connectivity index (χ2v) is 6.96. The van der Waals surface area contributed by atoms with E-state index in [1.165, 1.54) is 22.3 Å². The molecule has 0 saturated carbocycles. The molecule has 1 aliphatic rings. The number of rotatable bonds is 5. The Kier molecular flexibility index (Phi) is 5.03. The molecule has 2 N–H and O–H groups in total. The van der Waals surface area contributed by atoms with Gasteiger partial charge in [-0.25, -0.2) is 0 Å². The number of ether oxygens (including phenoxy) is 1.